The maximum Gasteiger partial charge on any atom is 0.251 e. The van der Waals surface area contributed by atoms with Gasteiger partial charge in [0.2, 0.25) is 5.91 Å². The molecule has 1 aromatic carbocycles. The Balaban J connectivity index is 1.77. The number of aromatic amines is 1. The Bertz CT molecular complexity index is 786. The maximum absolute atomic E-state index is 12.3. The summed E-state index contributed by atoms with van der Waals surface area (Å²) in [5, 5.41) is 1.04. The Labute approximate surface area is 136 Å². The highest BCUT2D eigenvalue weighted by Gasteiger charge is 2.16. The molecule has 1 fully saturated rings. The number of nitrogens with one attached hydrogen (secondary N) is 1. The monoisotopic (exact) mass is 312 g/mol. The molecule has 1 saturated heterocycles. The van der Waals surface area contributed by atoms with Gasteiger partial charge in [-0.05, 0) is 74.2 Å². The smallest absolute Gasteiger partial charge is 0.251 e. The molecule has 2 aromatic rings. The fourth-order valence-corrected chi connectivity index (χ4v) is 3.25. The second-order valence-electron chi connectivity index (χ2n) is 6.59. The molecule has 3 rings (SSSR count). The van der Waals surface area contributed by atoms with Gasteiger partial charge in [-0.1, -0.05) is 0 Å². The number of carbonyl (C=O) groups is 1. The number of nitrogens with zero attached hydrogens (tertiary/aromatic N) is 1. The molecule has 2 heterocycles. The molecule has 4 nitrogen and oxygen atoms in total. The summed E-state index contributed by atoms with van der Waals surface area (Å²) < 4.78 is 0. The van der Waals surface area contributed by atoms with Crippen molar-refractivity contribution < 1.29 is 4.79 Å². The number of rotatable bonds is 3. The van der Waals surface area contributed by atoms with E-state index in [1.807, 2.05) is 24.0 Å². The van der Waals surface area contributed by atoms with Crippen LogP contribution in [0.15, 0.2) is 23.0 Å². The fraction of sp³-hybridized carbons (Fsp3) is 0.474. The standard InChI is InChI=1S/C19H24N2O2/c1-13-10-16-12-15(19(23)20-17(16)11-14(13)2)6-7-18(22)21-8-4-3-5-9-21/h10-12H,3-9H2,1-2H3,(H,20,23). The van der Waals surface area contributed by atoms with Gasteiger partial charge in [0.15, 0.2) is 0 Å². The first-order chi connectivity index (χ1) is 11.0. The van der Waals surface area contributed by atoms with Gasteiger partial charge in [0.25, 0.3) is 5.56 Å². The molecule has 0 saturated carbocycles. The van der Waals surface area contributed by atoms with E-state index in [0.29, 0.717) is 18.4 Å². The third kappa shape index (κ3) is 3.46. The summed E-state index contributed by atoms with van der Waals surface area (Å²) in [5.74, 6) is 0.171. The van der Waals surface area contributed by atoms with Gasteiger partial charge in [-0.3, -0.25) is 9.59 Å². The molecule has 4 heteroatoms. The number of H-pyrrole nitrogens is 1. The summed E-state index contributed by atoms with van der Waals surface area (Å²) in [6, 6.07) is 6.04. The van der Waals surface area contributed by atoms with Crippen molar-refractivity contribution in [2.24, 2.45) is 0 Å². The lowest BCUT2D eigenvalue weighted by molar-refractivity contribution is -0.132. The summed E-state index contributed by atoms with van der Waals surface area (Å²) in [4.78, 5) is 29.4. The van der Waals surface area contributed by atoms with Crippen molar-refractivity contribution in [3.8, 4) is 0 Å². The van der Waals surface area contributed by atoms with Crippen molar-refractivity contribution in [1.82, 2.24) is 9.88 Å². The van der Waals surface area contributed by atoms with Crippen LogP contribution in [0.4, 0.5) is 0 Å². The molecule has 122 valence electrons. The van der Waals surface area contributed by atoms with Crippen LogP contribution in [0.3, 0.4) is 0 Å². The summed E-state index contributed by atoms with van der Waals surface area (Å²) in [7, 11) is 0. The van der Waals surface area contributed by atoms with Crippen molar-refractivity contribution >= 4 is 16.8 Å². The van der Waals surface area contributed by atoms with Gasteiger partial charge in [0.1, 0.15) is 0 Å². The Morgan fingerprint density at radius 2 is 1.78 bits per heavy atom. The van der Waals surface area contributed by atoms with Gasteiger partial charge < -0.3 is 9.88 Å². The highest BCUT2D eigenvalue weighted by atomic mass is 16.2. The number of amides is 1. The number of carbonyl (C=O) groups excluding carboxylic acids is 1. The van der Waals surface area contributed by atoms with E-state index in [1.165, 1.54) is 17.5 Å². The normalized spacial score (nSPS) is 15.1. The van der Waals surface area contributed by atoms with Crippen LogP contribution < -0.4 is 5.56 Å². The number of fused-ring (bicyclic) bond motifs is 1. The third-order valence-corrected chi connectivity index (χ3v) is 4.85. The number of hydrogen-bond acceptors (Lipinski definition) is 2. The number of aryl methyl sites for hydroxylation is 3. The van der Waals surface area contributed by atoms with Crippen LogP contribution in [0, 0.1) is 13.8 Å². The summed E-state index contributed by atoms with van der Waals surface area (Å²) in [6.07, 6.45) is 4.34. The molecular formula is C19H24N2O2. The predicted molar refractivity (Wildman–Crippen MR) is 92.8 cm³/mol. The zero-order chi connectivity index (χ0) is 16.4. The van der Waals surface area contributed by atoms with Gasteiger partial charge in [-0.15, -0.1) is 0 Å². The van der Waals surface area contributed by atoms with Crippen molar-refractivity contribution in [3.63, 3.8) is 0 Å². The summed E-state index contributed by atoms with van der Waals surface area (Å²) >= 11 is 0. The number of benzene rings is 1. The average molecular weight is 312 g/mol. The SMILES string of the molecule is Cc1cc2cc(CCC(=O)N3CCCCC3)c(=O)[nH]c2cc1C. The molecule has 1 aromatic heterocycles. The topological polar surface area (TPSA) is 53.2 Å². The molecular weight excluding hydrogens is 288 g/mol. The fourth-order valence-electron chi connectivity index (χ4n) is 3.25. The lowest BCUT2D eigenvalue weighted by Crippen LogP contribution is -2.35. The second kappa shape index (κ2) is 6.57. The summed E-state index contributed by atoms with van der Waals surface area (Å²) in [5.41, 5.74) is 3.86. The van der Waals surface area contributed by atoms with E-state index in [2.05, 4.69) is 18.0 Å². The van der Waals surface area contributed by atoms with Crippen molar-refractivity contribution in [2.75, 3.05) is 13.1 Å². The molecule has 0 atom stereocenters. The molecule has 0 unspecified atom stereocenters. The number of aromatic nitrogens is 1. The molecule has 0 radical (unpaired) electrons. The molecule has 0 aliphatic carbocycles. The van der Waals surface area contributed by atoms with E-state index < -0.39 is 0 Å². The summed E-state index contributed by atoms with van der Waals surface area (Å²) in [6.45, 7) is 5.84. The Morgan fingerprint density at radius 3 is 2.52 bits per heavy atom. The first-order valence-corrected chi connectivity index (χ1v) is 8.45. The first kappa shape index (κ1) is 15.8. The largest absolute Gasteiger partial charge is 0.343 e. The minimum atomic E-state index is -0.0767. The van der Waals surface area contributed by atoms with Gasteiger partial charge in [0, 0.05) is 30.6 Å². The van der Waals surface area contributed by atoms with Crippen LogP contribution in [-0.4, -0.2) is 28.9 Å². The van der Waals surface area contributed by atoms with Crippen LogP contribution in [-0.2, 0) is 11.2 Å². The van der Waals surface area contributed by atoms with Crippen LogP contribution in [0.2, 0.25) is 0 Å². The van der Waals surface area contributed by atoms with E-state index in [1.54, 1.807) is 0 Å². The third-order valence-electron chi connectivity index (χ3n) is 4.85. The minimum Gasteiger partial charge on any atom is -0.343 e. The number of piperidine rings is 1. The number of pyridine rings is 1. The van der Waals surface area contributed by atoms with E-state index in [-0.39, 0.29) is 11.5 Å². The maximum atomic E-state index is 12.3. The van der Waals surface area contributed by atoms with E-state index >= 15 is 0 Å². The second-order valence-corrected chi connectivity index (χ2v) is 6.59. The van der Waals surface area contributed by atoms with Crippen LogP contribution >= 0.6 is 0 Å². The lowest BCUT2D eigenvalue weighted by atomic mass is 10.0. The lowest BCUT2D eigenvalue weighted by Gasteiger charge is -2.26. The molecule has 1 amide bonds. The minimum absolute atomic E-state index is 0.0767. The quantitative estimate of drug-likeness (QED) is 0.947. The molecule has 23 heavy (non-hydrogen) atoms. The number of hydrogen-bond donors (Lipinski definition) is 1. The molecule has 1 aliphatic rings. The van der Waals surface area contributed by atoms with Gasteiger partial charge >= 0.3 is 0 Å². The Morgan fingerprint density at radius 1 is 1.09 bits per heavy atom. The van der Waals surface area contributed by atoms with Gasteiger partial charge in [-0.25, -0.2) is 0 Å². The van der Waals surface area contributed by atoms with Crippen LogP contribution in [0.5, 0.6) is 0 Å². The zero-order valence-corrected chi connectivity index (χ0v) is 13.9. The van der Waals surface area contributed by atoms with E-state index in [4.69, 9.17) is 0 Å². The molecule has 0 spiro atoms. The average Bonchev–Trinajstić information content (AvgIpc) is 2.55. The van der Waals surface area contributed by atoms with Crippen LogP contribution in [0.1, 0.15) is 42.4 Å². The molecule has 0 bridgehead atoms. The highest BCUT2D eigenvalue weighted by molar-refractivity contribution is 5.81. The molecule has 1 aliphatic heterocycles. The molecule has 1 N–H and O–H groups in total. The predicted octanol–water partition coefficient (Wildman–Crippen LogP) is 3.09. The van der Waals surface area contributed by atoms with E-state index in [0.717, 1.165) is 36.8 Å². The van der Waals surface area contributed by atoms with Gasteiger partial charge in [0.05, 0.1) is 0 Å². The van der Waals surface area contributed by atoms with Crippen molar-refractivity contribution in [2.45, 2.75) is 46.0 Å². The van der Waals surface area contributed by atoms with Crippen molar-refractivity contribution in [3.05, 3.63) is 45.2 Å². The van der Waals surface area contributed by atoms with Crippen molar-refractivity contribution in [1.29, 1.82) is 0 Å². The van der Waals surface area contributed by atoms with Gasteiger partial charge in [-0.2, -0.15) is 0 Å². The Kier molecular flexibility index (Phi) is 4.51. The van der Waals surface area contributed by atoms with E-state index in [9.17, 15) is 9.59 Å². The number of likely N-dealkylation sites (tertiary alicyclic amines) is 1. The van der Waals surface area contributed by atoms with Crippen LogP contribution in [0.25, 0.3) is 10.9 Å². The zero-order valence-electron chi connectivity index (χ0n) is 13.9. The highest BCUT2D eigenvalue weighted by Crippen LogP contribution is 2.18. The Hall–Kier alpha value is -2.10. The first-order valence-electron chi connectivity index (χ1n) is 8.45.